The highest BCUT2D eigenvalue weighted by Gasteiger charge is 2.33. The highest BCUT2D eigenvalue weighted by Crippen LogP contribution is 2.23. The van der Waals surface area contributed by atoms with E-state index in [9.17, 15) is 9.59 Å². The van der Waals surface area contributed by atoms with Gasteiger partial charge in [-0.25, -0.2) is 9.67 Å². The lowest BCUT2D eigenvalue weighted by Gasteiger charge is -2.22. The summed E-state index contributed by atoms with van der Waals surface area (Å²) in [5, 5.41) is 8.40. The highest BCUT2D eigenvalue weighted by molar-refractivity contribution is 5.77. The Morgan fingerprint density at radius 1 is 1.25 bits per heavy atom. The summed E-state index contributed by atoms with van der Waals surface area (Å²) in [7, 11) is 1.67. The maximum absolute atomic E-state index is 12.6. The van der Waals surface area contributed by atoms with Crippen molar-refractivity contribution in [2.75, 3.05) is 18.5 Å². The van der Waals surface area contributed by atoms with Crippen molar-refractivity contribution in [1.82, 2.24) is 24.3 Å². The largest absolute Gasteiger partial charge is 0.377 e. The van der Waals surface area contributed by atoms with Gasteiger partial charge in [0.2, 0.25) is 5.95 Å². The zero-order valence-corrected chi connectivity index (χ0v) is 15.5. The second-order valence-electron chi connectivity index (χ2n) is 7.30. The monoisotopic (exact) mass is 380 g/mol. The quantitative estimate of drug-likeness (QED) is 0.702. The number of hydrogen-bond donors (Lipinski definition) is 1. The molecule has 28 heavy (non-hydrogen) atoms. The molecule has 0 aromatic carbocycles. The molecule has 9 nitrogen and oxygen atoms in total. The van der Waals surface area contributed by atoms with Gasteiger partial charge in [-0.15, -0.1) is 0 Å². The molecular weight excluding hydrogens is 360 g/mol. The van der Waals surface area contributed by atoms with Crippen molar-refractivity contribution in [2.45, 2.75) is 31.3 Å². The molecule has 2 unspecified atom stereocenters. The molecule has 2 aliphatic rings. The van der Waals surface area contributed by atoms with Gasteiger partial charge in [0, 0.05) is 19.3 Å². The van der Waals surface area contributed by atoms with E-state index in [0.29, 0.717) is 30.1 Å². The summed E-state index contributed by atoms with van der Waals surface area (Å²) in [5.41, 5.74) is 2.30. The van der Waals surface area contributed by atoms with Crippen LogP contribution in [-0.4, -0.2) is 43.6 Å². The molecule has 5 rings (SSSR count). The molecule has 1 N–H and O–H groups in total. The van der Waals surface area contributed by atoms with E-state index in [-0.39, 0.29) is 23.2 Å². The topological polar surface area (TPSA) is 104 Å². The molecule has 1 fully saturated rings. The standard InChI is InChI=1S/C19H20N6O3/c1-24-18(27)12-5-6-20-8-14(12)21-19(24)22-15-9-28-10-16(15)25-17(26)7-11-3-2-4-13(11)23-25/h5-8,15-16H,2-4,9-10H2,1H3,(H,21,22). The van der Waals surface area contributed by atoms with Crippen molar-refractivity contribution < 1.29 is 4.74 Å². The van der Waals surface area contributed by atoms with Crippen molar-refractivity contribution in [2.24, 2.45) is 7.05 Å². The van der Waals surface area contributed by atoms with Gasteiger partial charge in [0.05, 0.1) is 42.0 Å². The molecule has 0 radical (unpaired) electrons. The maximum atomic E-state index is 12.6. The van der Waals surface area contributed by atoms with Crippen LogP contribution in [0.5, 0.6) is 0 Å². The predicted octanol–water partition coefficient (Wildman–Crippen LogP) is 0.426. The second kappa shape index (κ2) is 6.52. The summed E-state index contributed by atoms with van der Waals surface area (Å²) < 4.78 is 8.63. The predicted molar refractivity (Wildman–Crippen MR) is 103 cm³/mol. The van der Waals surface area contributed by atoms with Crippen LogP contribution in [-0.2, 0) is 24.6 Å². The average Bonchev–Trinajstić information content (AvgIpc) is 3.34. The number of hydrogen-bond acceptors (Lipinski definition) is 7. The van der Waals surface area contributed by atoms with Crippen LogP contribution in [0.4, 0.5) is 5.95 Å². The molecule has 1 aliphatic heterocycles. The van der Waals surface area contributed by atoms with E-state index in [2.05, 4.69) is 20.4 Å². The Bertz CT molecular complexity index is 1180. The SMILES string of the molecule is Cn1c(NC2COCC2n2nc3c(cc2=O)CCC3)nc2cnccc2c1=O. The molecule has 9 heteroatoms. The molecular formula is C19H20N6O3. The Morgan fingerprint density at radius 3 is 3.04 bits per heavy atom. The van der Waals surface area contributed by atoms with E-state index in [4.69, 9.17) is 4.74 Å². The molecule has 0 amide bonds. The molecule has 0 spiro atoms. The number of ether oxygens (including phenoxy) is 1. The molecule has 0 saturated carbocycles. The van der Waals surface area contributed by atoms with Gasteiger partial charge in [0.1, 0.15) is 6.04 Å². The summed E-state index contributed by atoms with van der Waals surface area (Å²) in [6.45, 7) is 0.781. The van der Waals surface area contributed by atoms with E-state index in [1.54, 1.807) is 31.6 Å². The summed E-state index contributed by atoms with van der Waals surface area (Å²) >= 11 is 0. The third-order valence-electron chi connectivity index (χ3n) is 5.54. The van der Waals surface area contributed by atoms with Crippen LogP contribution in [0.2, 0.25) is 0 Å². The Labute approximate surface area is 160 Å². The van der Waals surface area contributed by atoms with Crippen molar-refractivity contribution in [3.8, 4) is 0 Å². The lowest BCUT2D eigenvalue weighted by molar-refractivity contribution is 0.182. The van der Waals surface area contributed by atoms with Gasteiger partial charge in [-0.1, -0.05) is 0 Å². The van der Waals surface area contributed by atoms with Gasteiger partial charge in [-0.3, -0.25) is 19.1 Å². The Hall–Kier alpha value is -3.07. The highest BCUT2D eigenvalue weighted by atomic mass is 16.5. The van der Waals surface area contributed by atoms with E-state index in [0.717, 1.165) is 30.5 Å². The first-order valence-corrected chi connectivity index (χ1v) is 9.38. The number of nitrogens with one attached hydrogen (secondary N) is 1. The lowest BCUT2D eigenvalue weighted by Crippen LogP contribution is -2.39. The number of pyridine rings is 1. The summed E-state index contributed by atoms with van der Waals surface area (Å²) in [5.74, 6) is 0.417. The van der Waals surface area contributed by atoms with E-state index >= 15 is 0 Å². The van der Waals surface area contributed by atoms with Gasteiger partial charge < -0.3 is 10.1 Å². The lowest BCUT2D eigenvalue weighted by atomic mass is 10.1. The minimum Gasteiger partial charge on any atom is -0.377 e. The van der Waals surface area contributed by atoms with Crippen molar-refractivity contribution in [3.63, 3.8) is 0 Å². The number of nitrogens with zero attached hydrogens (tertiary/aromatic N) is 5. The van der Waals surface area contributed by atoms with Crippen LogP contribution in [0.1, 0.15) is 23.7 Å². The molecule has 1 aliphatic carbocycles. The molecule has 1 saturated heterocycles. The summed E-state index contributed by atoms with van der Waals surface area (Å²) in [6, 6.07) is 2.86. The maximum Gasteiger partial charge on any atom is 0.267 e. The average molecular weight is 380 g/mol. The van der Waals surface area contributed by atoms with Gasteiger partial charge in [0.25, 0.3) is 11.1 Å². The fourth-order valence-electron chi connectivity index (χ4n) is 3.99. The summed E-state index contributed by atoms with van der Waals surface area (Å²) in [6.07, 6.45) is 5.99. The van der Waals surface area contributed by atoms with E-state index < -0.39 is 0 Å². The number of aromatic nitrogens is 5. The fraction of sp³-hybridized carbons (Fsp3) is 0.421. The normalized spacial score (nSPS) is 21.2. The number of fused-ring (bicyclic) bond motifs is 2. The zero-order valence-electron chi connectivity index (χ0n) is 15.5. The van der Waals surface area contributed by atoms with Crippen molar-refractivity contribution in [1.29, 1.82) is 0 Å². The first-order chi connectivity index (χ1) is 13.6. The fourth-order valence-corrected chi connectivity index (χ4v) is 3.99. The summed E-state index contributed by atoms with van der Waals surface area (Å²) in [4.78, 5) is 33.8. The van der Waals surface area contributed by atoms with E-state index in [1.165, 1.54) is 9.25 Å². The van der Waals surface area contributed by atoms with Crippen LogP contribution in [0.25, 0.3) is 10.9 Å². The first-order valence-electron chi connectivity index (χ1n) is 9.38. The van der Waals surface area contributed by atoms with Gasteiger partial charge in [-0.2, -0.15) is 5.10 Å². The first kappa shape index (κ1) is 17.1. The van der Waals surface area contributed by atoms with Crippen LogP contribution in [0.15, 0.2) is 34.1 Å². The minimum atomic E-state index is -0.264. The molecule has 0 bridgehead atoms. The zero-order chi connectivity index (χ0) is 19.3. The van der Waals surface area contributed by atoms with Crippen molar-refractivity contribution in [3.05, 3.63) is 56.5 Å². The molecule has 2 atom stereocenters. The molecule has 3 aromatic rings. The smallest absolute Gasteiger partial charge is 0.267 e. The van der Waals surface area contributed by atoms with Gasteiger partial charge >= 0.3 is 0 Å². The molecule has 3 aromatic heterocycles. The van der Waals surface area contributed by atoms with Crippen LogP contribution >= 0.6 is 0 Å². The molecule has 4 heterocycles. The van der Waals surface area contributed by atoms with Crippen LogP contribution in [0, 0.1) is 0 Å². The third kappa shape index (κ3) is 2.70. The number of anilines is 1. The van der Waals surface area contributed by atoms with Crippen molar-refractivity contribution >= 4 is 16.9 Å². The Morgan fingerprint density at radius 2 is 2.14 bits per heavy atom. The second-order valence-corrected chi connectivity index (χ2v) is 7.30. The van der Waals surface area contributed by atoms with Gasteiger partial charge in [-0.05, 0) is 30.9 Å². The Balaban J connectivity index is 1.51. The Kier molecular flexibility index (Phi) is 3.97. The minimum absolute atomic E-state index is 0.118. The van der Waals surface area contributed by atoms with Crippen LogP contribution < -0.4 is 16.4 Å². The third-order valence-corrected chi connectivity index (χ3v) is 5.54. The van der Waals surface area contributed by atoms with Gasteiger partial charge in [0.15, 0.2) is 0 Å². The van der Waals surface area contributed by atoms with E-state index in [1.807, 2.05) is 0 Å². The van der Waals surface area contributed by atoms with Crippen LogP contribution in [0.3, 0.4) is 0 Å². The number of rotatable bonds is 3. The number of aryl methyl sites for hydroxylation is 2. The molecule has 144 valence electrons.